The third kappa shape index (κ3) is 7.70. The number of ether oxygens (including phenoxy) is 5. The fraction of sp³-hybridized carbons (Fsp3) is 0.556. The Morgan fingerprint density at radius 2 is 1.85 bits per heavy atom. The number of esters is 1. The van der Waals surface area contributed by atoms with Crippen LogP contribution < -0.4 is 19.9 Å². The maximum absolute atomic E-state index is 11.5. The first-order chi connectivity index (χ1) is 19.0. The molecule has 3 aromatic rings. The molecule has 1 aliphatic heterocycles. The first kappa shape index (κ1) is 28.4. The molecule has 0 aliphatic carbocycles. The summed E-state index contributed by atoms with van der Waals surface area (Å²) >= 11 is 0. The average molecular weight is 543 g/mol. The van der Waals surface area contributed by atoms with Crippen LogP contribution in [0, 0.1) is 5.92 Å². The zero-order valence-electron chi connectivity index (χ0n) is 22.9. The molecule has 1 fully saturated rings. The molecule has 1 aromatic carbocycles. The van der Waals surface area contributed by atoms with E-state index >= 15 is 0 Å². The largest absolute Gasteiger partial charge is 0.492 e. The molecular formula is C27H38N6O6. The number of likely N-dealkylation sites (tertiary alicyclic amines) is 1. The van der Waals surface area contributed by atoms with E-state index in [1.165, 1.54) is 7.11 Å². The van der Waals surface area contributed by atoms with Gasteiger partial charge in [0.05, 0.1) is 27.2 Å². The number of nitrogens with two attached hydrogens (primary N) is 1. The highest BCUT2D eigenvalue weighted by Crippen LogP contribution is 2.28. The maximum atomic E-state index is 11.5. The van der Waals surface area contributed by atoms with Gasteiger partial charge >= 0.3 is 12.0 Å². The Bertz CT molecular complexity index is 1230. The van der Waals surface area contributed by atoms with E-state index in [-0.39, 0.29) is 24.2 Å². The number of benzene rings is 1. The van der Waals surface area contributed by atoms with Crippen LogP contribution in [0.3, 0.4) is 0 Å². The molecule has 2 aromatic heterocycles. The Hall–Kier alpha value is -3.64. The highest BCUT2D eigenvalue weighted by molar-refractivity contribution is 5.83. The standard InChI is InChI=1S/C27H38N6O6/c1-35-15-16-39-26-30-24(28)23-25(31-26)33(27(29-23)37-3)12-9-19-7-10-32(11-8-19)13-14-38-21-6-4-5-20(17-21)18-22(34)36-2/h4-6,17,19H,7-16,18H2,1-3H3,(H2,28,30,31). The summed E-state index contributed by atoms with van der Waals surface area (Å²) in [6.45, 7) is 4.96. The monoisotopic (exact) mass is 542 g/mol. The quantitative estimate of drug-likeness (QED) is 0.237. The number of carbonyl (C=O) groups is 1. The van der Waals surface area contributed by atoms with Gasteiger partial charge in [0.2, 0.25) is 0 Å². The first-order valence-electron chi connectivity index (χ1n) is 13.2. The summed E-state index contributed by atoms with van der Waals surface area (Å²) in [4.78, 5) is 27.2. The summed E-state index contributed by atoms with van der Waals surface area (Å²) in [5.74, 6) is 1.35. The summed E-state index contributed by atoms with van der Waals surface area (Å²) in [5, 5.41) is 0. The minimum Gasteiger partial charge on any atom is -0.492 e. The Balaban J connectivity index is 1.25. The number of carbonyl (C=O) groups excluding carboxylic acids is 1. The van der Waals surface area contributed by atoms with Crippen molar-refractivity contribution in [2.45, 2.75) is 32.2 Å². The Morgan fingerprint density at radius 1 is 1.03 bits per heavy atom. The molecule has 1 aliphatic rings. The third-order valence-corrected chi connectivity index (χ3v) is 6.89. The van der Waals surface area contributed by atoms with Gasteiger partial charge in [0.25, 0.3) is 6.01 Å². The average Bonchev–Trinajstić information content (AvgIpc) is 3.31. The van der Waals surface area contributed by atoms with Gasteiger partial charge in [0.1, 0.15) is 19.0 Å². The van der Waals surface area contributed by atoms with Crippen LogP contribution in [0.5, 0.6) is 17.8 Å². The lowest BCUT2D eigenvalue weighted by atomic mass is 9.93. The van der Waals surface area contributed by atoms with E-state index in [1.807, 2.05) is 28.8 Å². The van der Waals surface area contributed by atoms with Crippen molar-refractivity contribution >= 4 is 23.0 Å². The summed E-state index contributed by atoms with van der Waals surface area (Å²) in [6, 6.07) is 8.26. The second kappa shape index (κ2) is 13.9. The second-order valence-corrected chi connectivity index (χ2v) is 9.48. The van der Waals surface area contributed by atoms with Crippen LogP contribution in [-0.4, -0.2) is 91.2 Å². The van der Waals surface area contributed by atoms with Gasteiger partial charge < -0.3 is 29.4 Å². The first-order valence-corrected chi connectivity index (χ1v) is 13.2. The van der Waals surface area contributed by atoms with Crippen molar-refractivity contribution < 1.29 is 28.5 Å². The number of aromatic nitrogens is 4. The Kier molecular flexibility index (Phi) is 10.1. The van der Waals surface area contributed by atoms with Crippen LogP contribution in [0.2, 0.25) is 0 Å². The number of aryl methyl sites for hydroxylation is 1. The van der Waals surface area contributed by atoms with Gasteiger partial charge in [0, 0.05) is 20.2 Å². The number of nitrogens with zero attached hydrogens (tertiary/aromatic N) is 5. The van der Waals surface area contributed by atoms with E-state index in [2.05, 4.69) is 19.9 Å². The molecule has 212 valence electrons. The molecule has 0 bridgehead atoms. The molecule has 0 atom stereocenters. The number of anilines is 1. The smallest absolute Gasteiger partial charge is 0.320 e. The predicted octanol–water partition coefficient (Wildman–Crippen LogP) is 2.34. The molecule has 0 radical (unpaired) electrons. The van der Waals surface area contributed by atoms with E-state index in [9.17, 15) is 4.79 Å². The minimum atomic E-state index is -0.260. The molecule has 4 rings (SSSR count). The zero-order chi connectivity index (χ0) is 27.6. The number of rotatable bonds is 14. The highest BCUT2D eigenvalue weighted by Gasteiger charge is 2.22. The lowest BCUT2D eigenvalue weighted by Crippen LogP contribution is -2.36. The number of nitrogen functional groups attached to an aromatic ring is 1. The summed E-state index contributed by atoms with van der Waals surface area (Å²) < 4.78 is 28.8. The normalized spacial score (nSPS) is 14.4. The van der Waals surface area contributed by atoms with Crippen molar-refractivity contribution in [1.82, 2.24) is 24.4 Å². The zero-order valence-corrected chi connectivity index (χ0v) is 22.9. The summed E-state index contributed by atoms with van der Waals surface area (Å²) in [5.41, 5.74) is 8.13. The molecule has 12 nitrogen and oxygen atoms in total. The number of piperidine rings is 1. The van der Waals surface area contributed by atoms with Crippen LogP contribution in [0.15, 0.2) is 24.3 Å². The lowest BCUT2D eigenvalue weighted by Gasteiger charge is -2.32. The molecule has 2 N–H and O–H groups in total. The number of hydrogen-bond donors (Lipinski definition) is 1. The molecule has 0 saturated carbocycles. The van der Waals surface area contributed by atoms with E-state index in [1.54, 1.807) is 14.2 Å². The molecule has 0 amide bonds. The molecule has 1 saturated heterocycles. The van der Waals surface area contributed by atoms with Crippen molar-refractivity contribution in [2.75, 3.05) is 66.5 Å². The fourth-order valence-electron chi connectivity index (χ4n) is 4.71. The molecular weight excluding hydrogens is 504 g/mol. The third-order valence-electron chi connectivity index (χ3n) is 6.89. The highest BCUT2D eigenvalue weighted by atomic mass is 16.5. The van der Waals surface area contributed by atoms with Gasteiger partial charge in [-0.2, -0.15) is 15.0 Å². The van der Waals surface area contributed by atoms with Crippen LogP contribution in [0.25, 0.3) is 11.2 Å². The Morgan fingerprint density at radius 3 is 2.59 bits per heavy atom. The number of methoxy groups -OCH3 is 3. The van der Waals surface area contributed by atoms with Crippen LogP contribution >= 0.6 is 0 Å². The van der Waals surface area contributed by atoms with Crippen molar-refractivity contribution in [2.24, 2.45) is 5.92 Å². The van der Waals surface area contributed by atoms with Gasteiger partial charge in [-0.25, -0.2) is 0 Å². The van der Waals surface area contributed by atoms with Crippen LogP contribution in [-0.2, 0) is 27.2 Å². The van der Waals surface area contributed by atoms with Crippen LogP contribution in [0.1, 0.15) is 24.8 Å². The summed E-state index contributed by atoms with van der Waals surface area (Å²) in [6.07, 6.45) is 3.42. The van der Waals surface area contributed by atoms with Crippen LogP contribution in [0.4, 0.5) is 5.82 Å². The fourth-order valence-corrected chi connectivity index (χ4v) is 4.71. The molecule has 3 heterocycles. The van der Waals surface area contributed by atoms with Gasteiger partial charge in [0.15, 0.2) is 17.0 Å². The van der Waals surface area contributed by atoms with Gasteiger partial charge in [-0.15, -0.1) is 0 Å². The Labute approximate surface area is 228 Å². The number of fused-ring (bicyclic) bond motifs is 1. The van der Waals surface area contributed by atoms with Gasteiger partial charge in [-0.1, -0.05) is 12.1 Å². The topological polar surface area (TPSA) is 136 Å². The van der Waals surface area contributed by atoms with Crippen molar-refractivity contribution in [3.05, 3.63) is 29.8 Å². The maximum Gasteiger partial charge on any atom is 0.320 e. The van der Waals surface area contributed by atoms with Gasteiger partial charge in [-0.05, 0) is 56.0 Å². The van der Waals surface area contributed by atoms with Crippen molar-refractivity contribution in [3.8, 4) is 17.8 Å². The van der Waals surface area contributed by atoms with Crippen molar-refractivity contribution in [1.29, 1.82) is 0 Å². The molecule has 12 heteroatoms. The molecule has 39 heavy (non-hydrogen) atoms. The van der Waals surface area contributed by atoms with E-state index in [0.29, 0.717) is 49.5 Å². The van der Waals surface area contributed by atoms with Crippen molar-refractivity contribution in [3.63, 3.8) is 0 Å². The lowest BCUT2D eigenvalue weighted by molar-refractivity contribution is -0.139. The molecule has 0 spiro atoms. The summed E-state index contributed by atoms with van der Waals surface area (Å²) in [7, 11) is 4.59. The van der Waals surface area contributed by atoms with Gasteiger partial charge in [-0.3, -0.25) is 14.3 Å². The van der Waals surface area contributed by atoms with E-state index in [0.717, 1.165) is 50.2 Å². The second-order valence-electron chi connectivity index (χ2n) is 9.48. The number of hydrogen-bond acceptors (Lipinski definition) is 11. The van der Waals surface area contributed by atoms with E-state index in [4.69, 9.17) is 29.4 Å². The van der Waals surface area contributed by atoms with E-state index < -0.39 is 0 Å². The SMILES string of the molecule is COCCOc1nc(N)c2nc(OC)n(CCC3CCN(CCOc4cccc(CC(=O)OC)c4)CC3)c2n1. The predicted molar refractivity (Wildman–Crippen MR) is 145 cm³/mol. The molecule has 0 unspecified atom stereocenters. The number of imidazole rings is 1. The minimum absolute atomic E-state index is 0.201.